The monoisotopic (exact) mass is 240 g/mol. The SMILES string of the molecule is CC1CCC(C(CCc2cccs2)NN)O1. The van der Waals surface area contributed by atoms with Crippen molar-refractivity contribution in [2.24, 2.45) is 5.84 Å². The van der Waals surface area contributed by atoms with Gasteiger partial charge in [0.1, 0.15) is 0 Å². The van der Waals surface area contributed by atoms with Crippen molar-refractivity contribution in [1.82, 2.24) is 5.43 Å². The van der Waals surface area contributed by atoms with E-state index < -0.39 is 0 Å². The van der Waals surface area contributed by atoms with Gasteiger partial charge < -0.3 is 4.74 Å². The number of hydrogen-bond acceptors (Lipinski definition) is 4. The second-order valence-corrected chi connectivity index (χ2v) is 5.49. The number of thiophene rings is 1. The quantitative estimate of drug-likeness (QED) is 0.612. The minimum Gasteiger partial charge on any atom is -0.374 e. The largest absolute Gasteiger partial charge is 0.374 e. The van der Waals surface area contributed by atoms with Crippen molar-refractivity contribution < 1.29 is 4.74 Å². The molecule has 1 aromatic rings. The van der Waals surface area contributed by atoms with Crippen molar-refractivity contribution in [3.05, 3.63) is 22.4 Å². The minimum absolute atomic E-state index is 0.284. The van der Waals surface area contributed by atoms with E-state index in [1.54, 1.807) is 0 Å². The van der Waals surface area contributed by atoms with E-state index in [1.165, 1.54) is 4.88 Å². The predicted molar refractivity (Wildman–Crippen MR) is 67.3 cm³/mol. The molecular weight excluding hydrogens is 220 g/mol. The van der Waals surface area contributed by atoms with Crippen LogP contribution >= 0.6 is 11.3 Å². The van der Waals surface area contributed by atoms with Gasteiger partial charge in [-0.1, -0.05) is 6.07 Å². The molecule has 3 unspecified atom stereocenters. The van der Waals surface area contributed by atoms with E-state index in [2.05, 4.69) is 29.9 Å². The van der Waals surface area contributed by atoms with Crippen LogP contribution in [0.3, 0.4) is 0 Å². The van der Waals surface area contributed by atoms with Crippen molar-refractivity contribution in [2.75, 3.05) is 0 Å². The average Bonchev–Trinajstić information content (AvgIpc) is 2.91. The highest BCUT2D eigenvalue weighted by molar-refractivity contribution is 7.09. The zero-order chi connectivity index (χ0) is 11.4. The highest BCUT2D eigenvalue weighted by atomic mass is 32.1. The Labute approximate surface area is 101 Å². The van der Waals surface area contributed by atoms with Gasteiger partial charge in [-0.3, -0.25) is 11.3 Å². The molecule has 4 heteroatoms. The molecule has 0 amide bonds. The summed E-state index contributed by atoms with van der Waals surface area (Å²) in [6, 6.07) is 4.56. The number of rotatable bonds is 5. The molecule has 0 bridgehead atoms. The Morgan fingerprint density at radius 1 is 1.62 bits per heavy atom. The van der Waals surface area contributed by atoms with Crippen LogP contribution in [0.1, 0.15) is 31.1 Å². The summed E-state index contributed by atoms with van der Waals surface area (Å²) in [5.74, 6) is 5.61. The van der Waals surface area contributed by atoms with Gasteiger partial charge in [0.15, 0.2) is 0 Å². The number of aryl methyl sites for hydroxylation is 1. The number of nitrogens with two attached hydrogens (primary N) is 1. The van der Waals surface area contributed by atoms with E-state index in [0.717, 1.165) is 25.7 Å². The lowest BCUT2D eigenvalue weighted by atomic mass is 10.0. The molecule has 3 N–H and O–H groups in total. The van der Waals surface area contributed by atoms with Crippen molar-refractivity contribution in [3.63, 3.8) is 0 Å². The van der Waals surface area contributed by atoms with Crippen molar-refractivity contribution in [3.8, 4) is 0 Å². The highest BCUT2D eigenvalue weighted by Crippen LogP contribution is 2.24. The normalized spacial score (nSPS) is 27.1. The first-order valence-electron chi connectivity index (χ1n) is 5.93. The van der Waals surface area contributed by atoms with Crippen molar-refractivity contribution in [2.45, 2.75) is 50.9 Å². The van der Waals surface area contributed by atoms with Crippen LogP contribution in [0, 0.1) is 0 Å². The van der Waals surface area contributed by atoms with Crippen LogP contribution in [-0.2, 0) is 11.2 Å². The van der Waals surface area contributed by atoms with Crippen LogP contribution < -0.4 is 11.3 Å². The van der Waals surface area contributed by atoms with E-state index in [1.807, 2.05) is 11.3 Å². The molecule has 1 fully saturated rings. The summed E-state index contributed by atoms with van der Waals surface area (Å²) in [6.07, 6.45) is 5.10. The Kier molecular flexibility index (Phi) is 4.35. The minimum atomic E-state index is 0.284. The summed E-state index contributed by atoms with van der Waals surface area (Å²) < 4.78 is 5.85. The van der Waals surface area contributed by atoms with E-state index in [4.69, 9.17) is 10.6 Å². The van der Waals surface area contributed by atoms with Gasteiger partial charge in [-0.2, -0.15) is 0 Å². The molecule has 1 aromatic heterocycles. The van der Waals surface area contributed by atoms with Crippen LogP contribution in [0.5, 0.6) is 0 Å². The standard InChI is InChI=1S/C12H20N2OS/c1-9-4-7-12(15-9)11(14-13)6-5-10-3-2-8-16-10/h2-3,8-9,11-12,14H,4-7,13H2,1H3. The Balaban J connectivity index is 1.81. The summed E-state index contributed by atoms with van der Waals surface area (Å²) in [4.78, 5) is 1.42. The molecule has 0 saturated carbocycles. The lowest BCUT2D eigenvalue weighted by Crippen LogP contribution is -2.44. The molecule has 3 nitrogen and oxygen atoms in total. The fourth-order valence-corrected chi connectivity index (χ4v) is 2.98. The first kappa shape index (κ1) is 12.0. The van der Waals surface area contributed by atoms with Crippen LogP contribution in [0.2, 0.25) is 0 Å². The molecule has 90 valence electrons. The first-order chi connectivity index (χ1) is 7.79. The summed E-state index contributed by atoms with van der Waals surface area (Å²) in [5.41, 5.74) is 2.91. The van der Waals surface area contributed by atoms with Gasteiger partial charge in [0.25, 0.3) is 0 Å². The van der Waals surface area contributed by atoms with Gasteiger partial charge >= 0.3 is 0 Å². The van der Waals surface area contributed by atoms with Crippen molar-refractivity contribution in [1.29, 1.82) is 0 Å². The topological polar surface area (TPSA) is 47.3 Å². The van der Waals surface area contributed by atoms with Crippen LogP contribution in [0.4, 0.5) is 0 Å². The third-order valence-corrected chi connectivity index (χ3v) is 4.15. The first-order valence-corrected chi connectivity index (χ1v) is 6.81. The maximum Gasteiger partial charge on any atom is 0.0746 e. The highest BCUT2D eigenvalue weighted by Gasteiger charge is 2.28. The average molecular weight is 240 g/mol. The number of hydrazine groups is 1. The Hall–Kier alpha value is -0.420. The Bertz CT molecular complexity index is 302. The summed E-state index contributed by atoms with van der Waals surface area (Å²) in [7, 11) is 0. The molecule has 0 aromatic carbocycles. The molecule has 3 atom stereocenters. The Morgan fingerprint density at radius 3 is 3.06 bits per heavy atom. The van der Waals surface area contributed by atoms with E-state index in [0.29, 0.717) is 12.2 Å². The number of hydrogen-bond donors (Lipinski definition) is 2. The molecule has 0 radical (unpaired) electrons. The fraction of sp³-hybridized carbons (Fsp3) is 0.667. The van der Waals surface area contributed by atoms with Gasteiger partial charge in [0, 0.05) is 10.9 Å². The van der Waals surface area contributed by atoms with Gasteiger partial charge in [-0.25, -0.2) is 0 Å². The second-order valence-electron chi connectivity index (χ2n) is 4.45. The van der Waals surface area contributed by atoms with E-state index >= 15 is 0 Å². The molecule has 16 heavy (non-hydrogen) atoms. The third kappa shape index (κ3) is 3.04. The summed E-state index contributed by atoms with van der Waals surface area (Å²) >= 11 is 1.81. The van der Waals surface area contributed by atoms with Gasteiger partial charge in [0.2, 0.25) is 0 Å². The van der Waals surface area contributed by atoms with Crippen LogP contribution in [-0.4, -0.2) is 18.2 Å². The van der Waals surface area contributed by atoms with Gasteiger partial charge in [-0.15, -0.1) is 11.3 Å². The summed E-state index contributed by atoms with van der Waals surface area (Å²) in [6.45, 7) is 2.13. The molecule has 1 aliphatic heterocycles. The van der Waals surface area contributed by atoms with E-state index in [9.17, 15) is 0 Å². The maximum atomic E-state index is 5.85. The number of nitrogens with one attached hydrogen (secondary N) is 1. The molecule has 0 aliphatic carbocycles. The molecule has 1 saturated heterocycles. The molecule has 0 spiro atoms. The van der Waals surface area contributed by atoms with E-state index in [-0.39, 0.29) is 6.04 Å². The zero-order valence-electron chi connectivity index (χ0n) is 9.69. The number of ether oxygens (including phenoxy) is 1. The predicted octanol–water partition coefficient (Wildman–Crippen LogP) is 2.08. The summed E-state index contributed by atoms with van der Waals surface area (Å²) in [5, 5.41) is 2.12. The van der Waals surface area contributed by atoms with Crippen molar-refractivity contribution >= 4 is 11.3 Å². The van der Waals surface area contributed by atoms with Crippen LogP contribution in [0.15, 0.2) is 17.5 Å². The second kappa shape index (κ2) is 5.77. The Morgan fingerprint density at radius 2 is 2.50 bits per heavy atom. The fourth-order valence-electron chi connectivity index (χ4n) is 2.26. The molecule has 2 rings (SSSR count). The smallest absolute Gasteiger partial charge is 0.0746 e. The molecular formula is C12H20N2OS. The van der Waals surface area contributed by atoms with Gasteiger partial charge in [-0.05, 0) is 44.1 Å². The molecule has 2 heterocycles. The molecule has 1 aliphatic rings. The maximum absolute atomic E-state index is 5.85. The lowest BCUT2D eigenvalue weighted by molar-refractivity contribution is 0.0302. The van der Waals surface area contributed by atoms with Crippen LogP contribution in [0.25, 0.3) is 0 Å². The lowest BCUT2D eigenvalue weighted by Gasteiger charge is -2.22. The van der Waals surface area contributed by atoms with Gasteiger partial charge in [0.05, 0.1) is 12.2 Å². The third-order valence-electron chi connectivity index (χ3n) is 3.21. The zero-order valence-corrected chi connectivity index (χ0v) is 10.5.